The van der Waals surface area contributed by atoms with Crippen molar-refractivity contribution in [1.29, 1.82) is 0 Å². The smallest absolute Gasteiger partial charge is 0.307 e. The number of hydrogen-bond acceptors (Lipinski definition) is 4. The van der Waals surface area contributed by atoms with E-state index < -0.39 is 11.9 Å². The van der Waals surface area contributed by atoms with E-state index in [9.17, 15) is 9.59 Å². The van der Waals surface area contributed by atoms with Crippen LogP contribution in [0.3, 0.4) is 0 Å². The van der Waals surface area contributed by atoms with Crippen LogP contribution < -0.4 is 0 Å². The van der Waals surface area contributed by atoms with Crippen molar-refractivity contribution in [3.63, 3.8) is 0 Å². The van der Waals surface area contributed by atoms with Crippen LogP contribution in [0.2, 0.25) is 0 Å². The molecule has 1 aromatic heterocycles. The maximum absolute atomic E-state index is 12.2. The van der Waals surface area contributed by atoms with Crippen LogP contribution >= 0.6 is 0 Å². The third-order valence-electron chi connectivity index (χ3n) is 4.22. The lowest BCUT2D eigenvalue weighted by molar-refractivity contribution is -0.142. The molecule has 1 aliphatic heterocycles. The summed E-state index contributed by atoms with van der Waals surface area (Å²) in [5, 5.41) is 8.89. The summed E-state index contributed by atoms with van der Waals surface area (Å²) in [6, 6.07) is 5.87. The summed E-state index contributed by atoms with van der Waals surface area (Å²) in [7, 11) is 0. The van der Waals surface area contributed by atoms with Gasteiger partial charge in [-0.1, -0.05) is 6.07 Å². The highest BCUT2D eigenvalue weighted by Gasteiger charge is 2.49. The van der Waals surface area contributed by atoms with Gasteiger partial charge in [0.05, 0.1) is 17.5 Å². The Morgan fingerprint density at radius 2 is 1.95 bits per heavy atom. The van der Waals surface area contributed by atoms with Gasteiger partial charge in [0.2, 0.25) is 5.91 Å². The molecule has 2 fully saturated rings. The molecule has 2 aliphatic rings. The lowest BCUT2D eigenvalue weighted by Crippen LogP contribution is -2.49. The van der Waals surface area contributed by atoms with E-state index >= 15 is 0 Å². The van der Waals surface area contributed by atoms with Crippen LogP contribution in [-0.4, -0.2) is 57.9 Å². The van der Waals surface area contributed by atoms with Gasteiger partial charge in [-0.15, -0.1) is 0 Å². The van der Waals surface area contributed by atoms with Crippen LogP contribution in [0.15, 0.2) is 24.4 Å². The first-order valence-corrected chi connectivity index (χ1v) is 7.29. The Morgan fingerprint density at radius 1 is 1.19 bits per heavy atom. The van der Waals surface area contributed by atoms with Gasteiger partial charge in [0.15, 0.2) is 0 Å². The molecule has 2 atom stereocenters. The van der Waals surface area contributed by atoms with Gasteiger partial charge in [-0.3, -0.25) is 19.5 Å². The van der Waals surface area contributed by atoms with Gasteiger partial charge in [-0.05, 0) is 18.6 Å². The van der Waals surface area contributed by atoms with Crippen LogP contribution in [0.5, 0.6) is 0 Å². The van der Waals surface area contributed by atoms with Crippen LogP contribution in [0.4, 0.5) is 0 Å². The number of hydrogen-bond donors (Lipinski definition) is 1. The molecular formula is C15H19N3O3. The van der Waals surface area contributed by atoms with Crippen molar-refractivity contribution in [2.45, 2.75) is 13.0 Å². The van der Waals surface area contributed by atoms with E-state index in [-0.39, 0.29) is 11.8 Å². The molecule has 1 saturated carbocycles. The summed E-state index contributed by atoms with van der Waals surface area (Å²) in [6.45, 7) is 3.77. The Kier molecular flexibility index (Phi) is 3.88. The number of carboxylic acid groups (broad SMARTS) is 1. The molecule has 1 aliphatic carbocycles. The number of carbonyl (C=O) groups is 2. The standard InChI is InChI=1S/C15H19N3O3/c19-14(12-9-13(12)15(20)21)18-7-5-17(6-8-18)10-11-3-1-2-4-16-11/h1-4,12-13H,5-10H2,(H,20,21). The van der Waals surface area contributed by atoms with Gasteiger partial charge in [0.25, 0.3) is 0 Å². The first kappa shape index (κ1) is 14.0. The molecule has 2 unspecified atom stereocenters. The highest BCUT2D eigenvalue weighted by atomic mass is 16.4. The number of carbonyl (C=O) groups excluding carboxylic acids is 1. The number of aliphatic carboxylic acids is 1. The van der Waals surface area contributed by atoms with Crippen molar-refractivity contribution in [3.8, 4) is 0 Å². The quantitative estimate of drug-likeness (QED) is 0.871. The van der Waals surface area contributed by atoms with E-state index in [4.69, 9.17) is 5.11 Å². The topological polar surface area (TPSA) is 73.7 Å². The van der Waals surface area contributed by atoms with Crippen LogP contribution in [-0.2, 0) is 16.1 Å². The molecule has 0 bridgehead atoms. The maximum atomic E-state index is 12.2. The lowest BCUT2D eigenvalue weighted by atomic mass is 10.2. The zero-order chi connectivity index (χ0) is 14.8. The van der Waals surface area contributed by atoms with E-state index in [0.29, 0.717) is 19.5 Å². The molecule has 1 aromatic rings. The van der Waals surface area contributed by atoms with Crippen LogP contribution in [0, 0.1) is 11.8 Å². The molecule has 21 heavy (non-hydrogen) atoms. The first-order chi connectivity index (χ1) is 10.1. The fourth-order valence-corrected chi connectivity index (χ4v) is 2.82. The fraction of sp³-hybridized carbons (Fsp3) is 0.533. The summed E-state index contributed by atoms with van der Waals surface area (Å²) in [5.74, 6) is -1.57. The second-order valence-corrected chi connectivity index (χ2v) is 5.71. The highest BCUT2D eigenvalue weighted by Crippen LogP contribution is 2.40. The van der Waals surface area contributed by atoms with Crippen molar-refractivity contribution in [2.75, 3.05) is 26.2 Å². The molecule has 6 heteroatoms. The minimum atomic E-state index is -0.845. The average molecular weight is 289 g/mol. The Balaban J connectivity index is 1.47. The Bertz CT molecular complexity index is 526. The van der Waals surface area contributed by atoms with E-state index in [1.165, 1.54) is 0 Å². The number of rotatable bonds is 4. The third kappa shape index (κ3) is 3.21. The average Bonchev–Trinajstić information content (AvgIpc) is 3.29. The molecule has 0 spiro atoms. The molecule has 3 rings (SSSR count). The summed E-state index contributed by atoms with van der Waals surface area (Å²) in [5.41, 5.74) is 1.03. The number of carboxylic acids is 1. The van der Waals surface area contributed by atoms with E-state index in [0.717, 1.165) is 25.3 Å². The Labute approximate surface area is 123 Å². The first-order valence-electron chi connectivity index (χ1n) is 7.29. The largest absolute Gasteiger partial charge is 0.481 e. The summed E-state index contributed by atoms with van der Waals surface area (Å²) in [4.78, 5) is 31.4. The van der Waals surface area contributed by atoms with Crippen molar-refractivity contribution in [1.82, 2.24) is 14.8 Å². The van der Waals surface area contributed by atoms with Gasteiger partial charge in [0.1, 0.15) is 0 Å². The zero-order valence-corrected chi connectivity index (χ0v) is 11.8. The van der Waals surface area contributed by atoms with Crippen LogP contribution in [0.1, 0.15) is 12.1 Å². The zero-order valence-electron chi connectivity index (χ0n) is 11.8. The molecule has 0 radical (unpaired) electrons. The number of piperazine rings is 1. The molecule has 1 saturated heterocycles. The molecular weight excluding hydrogens is 270 g/mol. The van der Waals surface area contributed by atoms with Crippen molar-refractivity contribution in [2.24, 2.45) is 11.8 Å². The summed E-state index contributed by atoms with van der Waals surface area (Å²) < 4.78 is 0. The van der Waals surface area contributed by atoms with Gasteiger partial charge < -0.3 is 10.0 Å². The maximum Gasteiger partial charge on any atom is 0.307 e. The minimum absolute atomic E-state index is 0.0138. The Morgan fingerprint density at radius 3 is 2.52 bits per heavy atom. The molecule has 6 nitrogen and oxygen atoms in total. The van der Waals surface area contributed by atoms with Gasteiger partial charge in [-0.2, -0.15) is 0 Å². The van der Waals surface area contributed by atoms with Crippen LogP contribution in [0.25, 0.3) is 0 Å². The van der Waals surface area contributed by atoms with Crippen molar-refractivity contribution < 1.29 is 14.7 Å². The van der Waals surface area contributed by atoms with E-state index in [1.54, 1.807) is 6.20 Å². The van der Waals surface area contributed by atoms with Crippen molar-refractivity contribution in [3.05, 3.63) is 30.1 Å². The predicted octanol–water partition coefficient (Wildman–Crippen LogP) is 0.446. The molecule has 2 heterocycles. The lowest BCUT2D eigenvalue weighted by Gasteiger charge is -2.34. The van der Waals surface area contributed by atoms with Crippen molar-refractivity contribution >= 4 is 11.9 Å². The van der Waals surface area contributed by atoms with Gasteiger partial charge in [-0.25, -0.2) is 0 Å². The minimum Gasteiger partial charge on any atom is -0.481 e. The van der Waals surface area contributed by atoms with E-state index in [1.807, 2.05) is 23.1 Å². The monoisotopic (exact) mass is 289 g/mol. The van der Waals surface area contributed by atoms with Gasteiger partial charge in [0, 0.05) is 38.9 Å². The molecule has 1 N–H and O–H groups in total. The number of aromatic nitrogens is 1. The number of pyridine rings is 1. The molecule has 112 valence electrons. The second kappa shape index (κ2) is 5.81. The molecule has 1 amide bonds. The third-order valence-corrected chi connectivity index (χ3v) is 4.22. The number of nitrogens with zero attached hydrogens (tertiary/aromatic N) is 3. The fourth-order valence-electron chi connectivity index (χ4n) is 2.82. The summed E-state index contributed by atoms with van der Waals surface area (Å²) >= 11 is 0. The Hall–Kier alpha value is -1.95. The van der Waals surface area contributed by atoms with E-state index in [2.05, 4.69) is 9.88 Å². The van der Waals surface area contributed by atoms with Gasteiger partial charge >= 0.3 is 5.97 Å². The molecule has 0 aromatic carbocycles. The number of amides is 1. The normalized spacial score (nSPS) is 25.6. The summed E-state index contributed by atoms with van der Waals surface area (Å²) in [6.07, 6.45) is 2.29. The SMILES string of the molecule is O=C(O)C1CC1C(=O)N1CCN(Cc2ccccn2)CC1. The second-order valence-electron chi connectivity index (χ2n) is 5.71. The predicted molar refractivity (Wildman–Crippen MR) is 75.3 cm³/mol. The highest BCUT2D eigenvalue weighted by molar-refractivity contribution is 5.89.